The van der Waals surface area contributed by atoms with E-state index in [4.69, 9.17) is 0 Å². The van der Waals surface area contributed by atoms with Gasteiger partial charge in [-0.05, 0) is 54.3 Å². The monoisotopic (exact) mass is 525 g/mol. The molecule has 0 bridgehead atoms. The molecule has 0 fully saturated rings. The van der Waals surface area contributed by atoms with E-state index in [2.05, 4.69) is 10.0 Å². The summed E-state index contributed by atoms with van der Waals surface area (Å²) in [5.41, 5.74) is 2.45. The Morgan fingerprint density at radius 3 is 2.14 bits per heavy atom. The van der Waals surface area contributed by atoms with Crippen LogP contribution in [-0.4, -0.2) is 37.7 Å². The van der Waals surface area contributed by atoms with Gasteiger partial charge in [0, 0.05) is 26.1 Å². The molecule has 0 unspecified atom stereocenters. The van der Waals surface area contributed by atoms with E-state index in [0.29, 0.717) is 25.1 Å². The minimum absolute atomic E-state index is 0.122. The molecule has 3 aromatic rings. The topological polar surface area (TPSA) is 95.6 Å². The quantitative estimate of drug-likeness (QED) is 0.376. The third kappa shape index (κ3) is 8.23. The maximum atomic E-state index is 13.4. The fourth-order valence-electron chi connectivity index (χ4n) is 3.81. The van der Waals surface area contributed by atoms with Gasteiger partial charge in [0.2, 0.25) is 21.8 Å². The van der Waals surface area contributed by atoms with Crippen molar-refractivity contribution in [1.82, 2.24) is 14.9 Å². The number of benzene rings is 3. The Balaban J connectivity index is 1.69. The largest absolute Gasteiger partial charge is 0.350 e. The van der Waals surface area contributed by atoms with Crippen molar-refractivity contribution in [2.45, 2.75) is 50.7 Å². The molecule has 3 rings (SSSR count). The fourth-order valence-corrected chi connectivity index (χ4v) is 4.85. The maximum absolute atomic E-state index is 13.4. The van der Waals surface area contributed by atoms with Crippen LogP contribution in [0.5, 0.6) is 0 Å². The van der Waals surface area contributed by atoms with Gasteiger partial charge in [-0.25, -0.2) is 17.5 Å². The van der Waals surface area contributed by atoms with Crippen LogP contribution < -0.4 is 10.0 Å². The summed E-state index contributed by atoms with van der Waals surface area (Å²) in [7, 11) is -3.55. The van der Waals surface area contributed by atoms with Crippen molar-refractivity contribution in [2.24, 2.45) is 0 Å². The van der Waals surface area contributed by atoms with Crippen LogP contribution in [0.2, 0.25) is 0 Å². The summed E-state index contributed by atoms with van der Waals surface area (Å²) in [6.45, 7) is 4.16. The van der Waals surface area contributed by atoms with Gasteiger partial charge < -0.3 is 10.2 Å². The van der Waals surface area contributed by atoms with E-state index in [0.717, 1.165) is 11.1 Å². The molecule has 9 heteroatoms. The van der Waals surface area contributed by atoms with Gasteiger partial charge in [-0.1, -0.05) is 61.5 Å². The summed E-state index contributed by atoms with van der Waals surface area (Å²) in [5, 5.41) is 2.88. The van der Waals surface area contributed by atoms with Gasteiger partial charge in [0.05, 0.1) is 4.90 Å². The predicted molar refractivity (Wildman–Crippen MR) is 140 cm³/mol. The standard InChI is InChI=1S/C28H32FN3O4S/c1-3-31-37(35,36)26-16-11-22(12-17-26)13-18-27(33)32(20-24-9-14-25(29)15-10-24)21(2)28(34)30-19-23-7-5-4-6-8-23/h4-12,14-17,21,31H,3,13,18-20H2,1-2H3,(H,30,34)/t21-/m1/s1. The molecule has 0 aliphatic rings. The number of aryl methyl sites for hydroxylation is 1. The highest BCUT2D eigenvalue weighted by Gasteiger charge is 2.26. The fraction of sp³-hybridized carbons (Fsp3) is 0.286. The third-order valence-electron chi connectivity index (χ3n) is 5.94. The first-order chi connectivity index (χ1) is 17.7. The highest BCUT2D eigenvalue weighted by atomic mass is 32.2. The molecular weight excluding hydrogens is 493 g/mol. The van der Waals surface area contributed by atoms with Crippen LogP contribution in [0.25, 0.3) is 0 Å². The minimum Gasteiger partial charge on any atom is -0.350 e. The van der Waals surface area contributed by atoms with E-state index in [9.17, 15) is 22.4 Å². The van der Waals surface area contributed by atoms with Crippen LogP contribution >= 0.6 is 0 Å². The first kappa shape index (κ1) is 28.0. The van der Waals surface area contributed by atoms with E-state index < -0.39 is 16.1 Å². The molecule has 0 radical (unpaired) electrons. The molecule has 2 amide bonds. The molecule has 7 nitrogen and oxygen atoms in total. The van der Waals surface area contributed by atoms with Gasteiger partial charge in [0.1, 0.15) is 11.9 Å². The van der Waals surface area contributed by atoms with E-state index in [1.165, 1.54) is 29.2 Å². The maximum Gasteiger partial charge on any atom is 0.242 e. The Morgan fingerprint density at radius 2 is 1.51 bits per heavy atom. The van der Waals surface area contributed by atoms with E-state index >= 15 is 0 Å². The van der Waals surface area contributed by atoms with Gasteiger partial charge in [0.15, 0.2) is 0 Å². The van der Waals surface area contributed by atoms with Crippen molar-refractivity contribution in [1.29, 1.82) is 0 Å². The Labute approximate surface area is 217 Å². The number of halogens is 1. The highest BCUT2D eigenvalue weighted by Crippen LogP contribution is 2.16. The number of nitrogens with zero attached hydrogens (tertiary/aromatic N) is 1. The summed E-state index contributed by atoms with van der Waals surface area (Å²) in [6.07, 6.45) is 0.495. The number of sulfonamides is 1. The van der Waals surface area contributed by atoms with Crippen LogP contribution in [0, 0.1) is 5.82 Å². The molecule has 0 heterocycles. The molecule has 0 aromatic heterocycles. The molecule has 2 N–H and O–H groups in total. The van der Waals surface area contributed by atoms with Gasteiger partial charge >= 0.3 is 0 Å². The molecule has 37 heavy (non-hydrogen) atoms. The van der Waals surface area contributed by atoms with E-state index in [-0.39, 0.29) is 35.5 Å². The zero-order valence-corrected chi connectivity index (χ0v) is 21.8. The van der Waals surface area contributed by atoms with Gasteiger partial charge in [-0.15, -0.1) is 0 Å². The third-order valence-corrected chi connectivity index (χ3v) is 7.50. The highest BCUT2D eigenvalue weighted by molar-refractivity contribution is 7.89. The lowest BCUT2D eigenvalue weighted by atomic mass is 10.1. The van der Waals surface area contributed by atoms with Crippen LogP contribution in [-0.2, 0) is 39.1 Å². The second-order valence-corrected chi connectivity index (χ2v) is 10.4. The minimum atomic E-state index is -3.55. The van der Waals surface area contributed by atoms with Gasteiger partial charge in [0.25, 0.3) is 0 Å². The van der Waals surface area contributed by atoms with Crippen LogP contribution in [0.3, 0.4) is 0 Å². The molecule has 0 aliphatic carbocycles. The Bertz CT molecular complexity index is 1280. The van der Waals surface area contributed by atoms with Crippen LogP contribution in [0.4, 0.5) is 4.39 Å². The van der Waals surface area contributed by atoms with Crippen molar-refractivity contribution in [2.75, 3.05) is 6.54 Å². The summed E-state index contributed by atoms with van der Waals surface area (Å²) in [5.74, 6) is -0.914. The molecule has 0 saturated carbocycles. The number of carbonyl (C=O) groups is 2. The lowest BCUT2D eigenvalue weighted by molar-refractivity contribution is -0.140. The van der Waals surface area contributed by atoms with Gasteiger partial charge in [-0.3, -0.25) is 9.59 Å². The van der Waals surface area contributed by atoms with Crippen molar-refractivity contribution < 1.29 is 22.4 Å². The molecule has 0 saturated heterocycles. The van der Waals surface area contributed by atoms with Crippen molar-refractivity contribution >= 4 is 21.8 Å². The smallest absolute Gasteiger partial charge is 0.242 e. The molecule has 3 aromatic carbocycles. The summed E-state index contributed by atoms with van der Waals surface area (Å²) in [6, 6.07) is 20.9. The molecular formula is C28H32FN3O4S. The molecule has 0 spiro atoms. The number of hydrogen-bond donors (Lipinski definition) is 2. The summed E-state index contributed by atoms with van der Waals surface area (Å²) in [4.78, 5) is 27.9. The molecule has 196 valence electrons. The molecule has 0 aliphatic heterocycles. The molecule has 1 atom stereocenters. The lowest BCUT2D eigenvalue weighted by Gasteiger charge is -2.29. The SMILES string of the molecule is CCNS(=O)(=O)c1ccc(CCC(=O)N(Cc2ccc(F)cc2)[C@H](C)C(=O)NCc2ccccc2)cc1. The van der Waals surface area contributed by atoms with Crippen molar-refractivity contribution in [3.8, 4) is 0 Å². The van der Waals surface area contributed by atoms with E-state index in [1.54, 1.807) is 38.1 Å². The van der Waals surface area contributed by atoms with E-state index in [1.807, 2.05) is 30.3 Å². The average molecular weight is 526 g/mol. The second-order valence-electron chi connectivity index (χ2n) is 8.67. The number of carbonyl (C=O) groups excluding carboxylic acids is 2. The lowest BCUT2D eigenvalue weighted by Crippen LogP contribution is -2.47. The van der Waals surface area contributed by atoms with Gasteiger partial charge in [-0.2, -0.15) is 0 Å². The Kier molecular flexibility index (Phi) is 9.93. The van der Waals surface area contributed by atoms with Crippen molar-refractivity contribution in [3.05, 3.63) is 101 Å². The zero-order valence-electron chi connectivity index (χ0n) is 21.0. The predicted octanol–water partition coefficient (Wildman–Crippen LogP) is 3.79. The zero-order chi connectivity index (χ0) is 26.8. The summed E-state index contributed by atoms with van der Waals surface area (Å²) < 4.78 is 40.1. The Hall–Kier alpha value is -3.56. The average Bonchev–Trinajstić information content (AvgIpc) is 2.90. The van der Waals surface area contributed by atoms with Crippen LogP contribution in [0.15, 0.2) is 83.8 Å². The van der Waals surface area contributed by atoms with Crippen LogP contribution in [0.1, 0.15) is 37.0 Å². The summed E-state index contributed by atoms with van der Waals surface area (Å²) >= 11 is 0. The first-order valence-corrected chi connectivity index (χ1v) is 13.6. The normalized spacial score (nSPS) is 12.1. The second kappa shape index (κ2) is 13.1. The number of amides is 2. The Morgan fingerprint density at radius 1 is 0.892 bits per heavy atom. The van der Waals surface area contributed by atoms with Crippen molar-refractivity contribution in [3.63, 3.8) is 0 Å². The first-order valence-electron chi connectivity index (χ1n) is 12.1. The number of hydrogen-bond acceptors (Lipinski definition) is 4. The number of nitrogens with one attached hydrogen (secondary N) is 2. The number of rotatable bonds is 12.